The van der Waals surface area contributed by atoms with Crippen molar-refractivity contribution >= 4 is 11.7 Å². The summed E-state index contributed by atoms with van der Waals surface area (Å²) in [6.07, 6.45) is 3.21. The highest BCUT2D eigenvalue weighted by Crippen LogP contribution is 2.47. The second kappa shape index (κ2) is 8.59. The van der Waals surface area contributed by atoms with Gasteiger partial charge >= 0.3 is 6.03 Å². The molecule has 6 heteroatoms. The lowest BCUT2D eigenvalue weighted by molar-refractivity contribution is -0.0405. The molecule has 6 nitrogen and oxygen atoms in total. The van der Waals surface area contributed by atoms with E-state index < -0.39 is 0 Å². The number of hydrogen-bond donors (Lipinski definition) is 1. The predicted octanol–water partition coefficient (Wildman–Crippen LogP) is 4.55. The van der Waals surface area contributed by atoms with Crippen LogP contribution in [0.3, 0.4) is 0 Å². The van der Waals surface area contributed by atoms with Crippen LogP contribution in [0.2, 0.25) is 0 Å². The van der Waals surface area contributed by atoms with Crippen molar-refractivity contribution in [3.05, 3.63) is 28.3 Å². The van der Waals surface area contributed by atoms with E-state index in [2.05, 4.69) is 50.0 Å². The molecule has 4 rings (SSSR count). The summed E-state index contributed by atoms with van der Waals surface area (Å²) in [5.74, 6) is 0.924. The van der Waals surface area contributed by atoms with Gasteiger partial charge in [-0.15, -0.1) is 0 Å². The third-order valence-electron chi connectivity index (χ3n) is 7.10. The Hall–Kier alpha value is -2.26. The second-order valence-electron chi connectivity index (χ2n) is 11.0. The number of hydrogen-bond acceptors (Lipinski definition) is 4. The van der Waals surface area contributed by atoms with E-state index in [1.165, 1.54) is 29.5 Å². The van der Waals surface area contributed by atoms with Crippen LogP contribution in [0.25, 0.3) is 0 Å². The molecule has 0 aromatic heterocycles. The summed E-state index contributed by atoms with van der Waals surface area (Å²) < 4.78 is 6.14. The molecule has 3 aliphatic rings. The van der Waals surface area contributed by atoms with Gasteiger partial charge in [0.05, 0.1) is 29.5 Å². The zero-order chi connectivity index (χ0) is 23.2. The Morgan fingerprint density at radius 2 is 1.94 bits per heavy atom. The maximum Gasteiger partial charge on any atom is 0.317 e. The SMILES string of the molecule is CC(C)NC(=O)N1CCN(c2cc(C3CC3)c3c(c2C#N)CC(C)(C)OC3)CC1C(C)C. The van der Waals surface area contributed by atoms with Gasteiger partial charge in [0, 0.05) is 32.1 Å². The van der Waals surface area contributed by atoms with Gasteiger partial charge in [-0.1, -0.05) is 13.8 Å². The van der Waals surface area contributed by atoms with Crippen LogP contribution in [0.5, 0.6) is 0 Å². The van der Waals surface area contributed by atoms with Crippen molar-refractivity contribution in [1.82, 2.24) is 10.2 Å². The summed E-state index contributed by atoms with van der Waals surface area (Å²) in [6.45, 7) is 15.3. The number of nitrogens with zero attached hydrogens (tertiary/aromatic N) is 3. The number of fused-ring (bicyclic) bond motifs is 1. The van der Waals surface area contributed by atoms with E-state index in [-0.39, 0.29) is 23.7 Å². The third kappa shape index (κ3) is 4.45. The first kappa shape index (κ1) is 22.9. The molecule has 1 atom stereocenters. The molecule has 1 unspecified atom stereocenters. The molecule has 1 saturated heterocycles. The molecule has 2 fully saturated rings. The fourth-order valence-corrected chi connectivity index (χ4v) is 5.21. The van der Waals surface area contributed by atoms with E-state index in [0.717, 1.165) is 30.8 Å². The number of ether oxygens (including phenoxy) is 1. The highest BCUT2D eigenvalue weighted by molar-refractivity contribution is 5.76. The normalized spacial score (nSPS) is 22.7. The Bertz CT molecular complexity index is 927. The van der Waals surface area contributed by atoms with Crippen LogP contribution in [0.1, 0.15) is 82.6 Å². The Morgan fingerprint density at radius 1 is 1.22 bits per heavy atom. The summed E-state index contributed by atoms with van der Waals surface area (Å²) in [7, 11) is 0. The molecule has 1 N–H and O–H groups in total. The fraction of sp³-hybridized carbons (Fsp3) is 0.692. The quantitative estimate of drug-likeness (QED) is 0.749. The number of anilines is 1. The lowest BCUT2D eigenvalue weighted by Gasteiger charge is -2.45. The molecule has 1 aliphatic carbocycles. The number of nitrogens with one attached hydrogen (secondary N) is 1. The van der Waals surface area contributed by atoms with Gasteiger partial charge in [-0.2, -0.15) is 5.26 Å². The number of nitriles is 1. The van der Waals surface area contributed by atoms with Gasteiger partial charge in [0.15, 0.2) is 0 Å². The minimum absolute atomic E-state index is 0.0156. The van der Waals surface area contributed by atoms with Gasteiger partial charge in [0.1, 0.15) is 6.07 Å². The number of piperazine rings is 1. The van der Waals surface area contributed by atoms with Crippen LogP contribution in [0, 0.1) is 17.2 Å². The monoisotopic (exact) mass is 438 g/mol. The van der Waals surface area contributed by atoms with Crippen LogP contribution >= 0.6 is 0 Å². The van der Waals surface area contributed by atoms with Crippen molar-refractivity contribution in [3.8, 4) is 6.07 Å². The van der Waals surface area contributed by atoms with E-state index in [9.17, 15) is 10.1 Å². The van der Waals surface area contributed by atoms with Crippen molar-refractivity contribution in [2.24, 2.45) is 5.92 Å². The number of amides is 2. The number of carbonyl (C=O) groups excluding carboxylic acids is 1. The summed E-state index contributed by atoms with van der Waals surface area (Å²) in [5, 5.41) is 13.3. The average Bonchev–Trinajstić information content (AvgIpc) is 3.56. The fourth-order valence-electron chi connectivity index (χ4n) is 5.21. The van der Waals surface area contributed by atoms with Crippen molar-refractivity contribution < 1.29 is 9.53 Å². The van der Waals surface area contributed by atoms with Crippen LogP contribution in [-0.2, 0) is 17.8 Å². The molecule has 2 amide bonds. The highest BCUT2D eigenvalue weighted by atomic mass is 16.5. The Kier molecular flexibility index (Phi) is 6.15. The maximum absolute atomic E-state index is 12.8. The van der Waals surface area contributed by atoms with Crippen LogP contribution in [0.4, 0.5) is 10.5 Å². The molecule has 0 radical (unpaired) electrons. The molecule has 1 saturated carbocycles. The van der Waals surface area contributed by atoms with Crippen LogP contribution < -0.4 is 10.2 Å². The molecule has 0 spiro atoms. The zero-order valence-electron chi connectivity index (χ0n) is 20.5. The van der Waals surface area contributed by atoms with Gasteiger partial charge in [0.2, 0.25) is 0 Å². The van der Waals surface area contributed by atoms with E-state index in [4.69, 9.17) is 4.74 Å². The van der Waals surface area contributed by atoms with E-state index >= 15 is 0 Å². The molecule has 1 aromatic rings. The lowest BCUT2D eigenvalue weighted by atomic mass is 9.83. The zero-order valence-corrected chi connectivity index (χ0v) is 20.5. The molecule has 174 valence electrons. The molecular weight excluding hydrogens is 400 g/mol. The topological polar surface area (TPSA) is 68.6 Å². The minimum Gasteiger partial charge on any atom is -0.371 e. The molecule has 0 bridgehead atoms. The number of rotatable bonds is 4. The van der Waals surface area contributed by atoms with Crippen molar-refractivity contribution in [3.63, 3.8) is 0 Å². The second-order valence-corrected chi connectivity index (χ2v) is 11.0. The smallest absolute Gasteiger partial charge is 0.317 e. The molecule has 2 aliphatic heterocycles. The Morgan fingerprint density at radius 3 is 2.53 bits per heavy atom. The Balaban J connectivity index is 1.70. The summed E-state index contributed by atoms with van der Waals surface area (Å²) in [5.41, 5.74) is 5.42. The van der Waals surface area contributed by atoms with Gasteiger partial charge in [-0.05, 0) is 75.1 Å². The number of carbonyl (C=O) groups is 1. The first-order valence-corrected chi connectivity index (χ1v) is 12.2. The third-order valence-corrected chi connectivity index (χ3v) is 7.10. The molecule has 32 heavy (non-hydrogen) atoms. The van der Waals surface area contributed by atoms with E-state index in [1.54, 1.807) is 0 Å². The van der Waals surface area contributed by atoms with Crippen LogP contribution in [0.15, 0.2) is 6.07 Å². The van der Waals surface area contributed by atoms with Crippen molar-refractivity contribution in [2.75, 3.05) is 24.5 Å². The van der Waals surface area contributed by atoms with Gasteiger partial charge in [0.25, 0.3) is 0 Å². The average molecular weight is 439 g/mol. The number of urea groups is 1. The lowest BCUT2D eigenvalue weighted by Crippen LogP contribution is -2.60. The molecule has 2 heterocycles. The van der Waals surface area contributed by atoms with E-state index in [0.29, 0.717) is 25.0 Å². The van der Waals surface area contributed by atoms with Gasteiger partial charge in [-0.3, -0.25) is 0 Å². The summed E-state index contributed by atoms with van der Waals surface area (Å²) in [4.78, 5) is 17.2. The standard InChI is InChI=1S/C26H38N4O2/c1-16(2)24-14-29(9-10-30(24)25(31)28-17(3)4)23-11-19(18-7-8-18)22-15-32-26(5,6)12-20(22)21(23)13-27/h11,16-18,24H,7-10,12,14-15H2,1-6H3,(H,28,31). The molecular formula is C26H38N4O2. The first-order valence-electron chi connectivity index (χ1n) is 12.2. The van der Waals surface area contributed by atoms with Crippen molar-refractivity contribution in [2.45, 2.75) is 91.0 Å². The minimum atomic E-state index is -0.258. The van der Waals surface area contributed by atoms with Crippen molar-refractivity contribution in [1.29, 1.82) is 5.26 Å². The Labute approximate surface area is 192 Å². The van der Waals surface area contributed by atoms with Gasteiger partial charge < -0.3 is 19.9 Å². The largest absolute Gasteiger partial charge is 0.371 e. The van der Waals surface area contributed by atoms with Gasteiger partial charge in [-0.25, -0.2) is 4.79 Å². The maximum atomic E-state index is 12.8. The first-order chi connectivity index (χ1) is 15.1. The highest BCUT2D eigenvalue weighted by Gasteiger charge is 2.38. The summed E-state index contributed by atoms with van der Waals surface area (Å²) in [6, 6.07) is 5.07. The number of benzene rings is 1. The molecule has 1 aromatic carbocycles. The predicted molar refractivity (Wildman–Crippen MR) is 127 cm³/mol. The van der Waals surface area contributed by atoms with Crippen LogP contribution in [-0.4, -0.2) is 48.3 Å². The van der Waals surface area contributed by atoms with E-state index in [1.807, 2.05) is 18.7 Å². The summed E-state index contributed by atoms with van der Waals surface area (Å²) >= 11 is 0.